The summed E-state index contributed by atoms with van der Waals surface area (Å²) in [4.78, 5) is 19.7. The zero-order chi connectivity index (χ0) is 22.0. The first-order chi connectivity index (χ1) is 15.4. The molecule has 6 rings (SSSR count). The molecule has 32 heavy (non-hydrogen) atoms. The third kappa shape index (κ3) is 2.88. The number of fused-ring (bicyclic) bond motifs is 2. The van der Waals surface area contributed by atoms with Crippen molar-refractivity contribution in [2.45, 2.75) is 20.4 Å². The first kappa shape index (κ1) is 19.2. The van der Waals surface area contributed by atoms with Crippen LogP contribution < -0.4 is 15.5 Å². The maximum atomic E-state index is 14.4. The van der Waals surface area contributed by atoms with Gasteiger partial charge in [-0.1, -0.05) is 0 Å². The van der Waals surface area contributed by atoms with Gasteiger partial charge >= 0.3 is 0 Å². The summed E-state index contributed by atoms with van der Waals surface area (Å²) in [5, 5.41) is 11.8. The molecule has 4 aromatic rings. The van der Waals surface area contributed by atoms with Crippen molar-refractivity contribution < 1.29 is 9.18 Å². The largest absolute Gasteiger partial charge is 0.369 e. The monoisotopic (exact) mass is 433 g/mol. The van der Waals surface area contributed by atoms with Crippen LogP contribution in [-0.2, 0) is 6.54 Å². The van der Waals surface area contributed by atoms with E-state index in [0.29, 0.717) is 34.4 Å². The summed E-state index contributed by atoms with van der Waals surface area (Å²) in [5.41, 5.74) is 3.95. The lowest BCUT2D eigenvalue weighted by Crippen LogP contribution is -2.71. The normalized spacial score (nSPS) is 17.0. The minimum atomic E-state index is -0.483. The van der Waals surface area contributed by atoms with Gasteiger partial charge in [-0.25, -0.2) is 9.37 Å². The van der Waals surface area contributed by atoms with Gasteiger partial charge in [-0.15, -0.1) is 0 Å². The Morgan fingerprint density at radius 1 is 1.25 bits per heavy atom. The lowest BCUT2D eigenvalue weighted by Gasteiger charge is -2.57. The number of benzene rings is 1. The van der Waals surface area contributed by atoms with Crippen molar-refractivity contribution in [1.29, 1.82) is 0 Å². The highest BCUT2D eigenvalue weighted by Crippen LogP contribution is 2.40. The molecule has 3 aromatic heterocycles. The molecule has 8 nitrogen and oxygen atoms in total. The van der Waals surface area contributed by atoms with Crippen molar-refractivity contribution in [1.82, 2.24) is 24.5 Å². The van der Waals surface area contributed by atoms with Crippen molar-refractivity contribution in [2.24, 2.45) is 5.41 Å². The summed E-state index contributed by atoms with van der Waals surface area (Å²) in [5.74, 6) is -0.800. The number of aryl methyl sites for hydroxylation is 2. The highest BCUT2D eigenvalue weighted by atomic mass is 19.1. The third-order valence-electron chi connectivity index (χ3n) is 6.55. The number of nitrogens with one attached hydrogen (secondary N) is 2. The summed E-state index contributed by atoms with van der Waals surface area (Å²) in [6.45, 7) is 8.70. The lowest BCUT2D eigenvalue weighted by molar-refractivity contribution is 0.102. The number of aromatic nitrogens is 4. The lowest BCUT2D eigenvalue weighted by atomic mass is 9.74. The predicted molar refractivity (Wildman–Crippen MR) is 121 cm³/mol. The van der Waals surface area contributed by atoms with Crippen LogP contribution in [0, 0.1) is 18.2 Å². The molecular weight excluding hydrogens is 409 g/mol. The van der Waals surface area contributed by atoms with E-state index >= 15 is 0 Å². The van der Waals surface area contributed by atoms with E-state index < -0.39 is 5.82 Å². The summed E-state index contributed by atoms with van der Waals surface area (Å²) in [6.07, 6.45) is 5.39. The Bertz CT molecular complexity index is 1380. The molecule has 0 bridgehead atoms. The number of hydrogen-bond acceptors (Lipinski definition) is 5. The number of anilines is 2. The molecule has 1 spiro atoms. The van der Waals surface area contributed by atoms with E-state index in [1.807, 2.05) is 29.9 Å². The van der Waals surface area contributed by atoms with Crippen LogP contribution in [0.1, 0.15) is 23.0 Å². The van der Waals surface area contributed by atoms with Gasteiger partial charge in [0.1, 0.15) is 5.52 Å². The summed E-state index contributed by atoms with van der Waals surface area (Å²) in [7, 11) is 0. The fourth-order valence-electron chi connectivity index (χ4n) is 4.84. The summed E-state index contributed by atoms with van der Waals surface area (Å²) >= 11 is 0. The number of nitrogens with zero attached hydrogens (tertiary/aromatic N) is 5. The van der Waals surface area contributed by atoms with E-state index in [-0.39, 0.29) is 11.6 Å². The first-order valence-electron chi connectivity index (χ1n) is 10.9. The molecule has 2 N–H and O–H groups in total. The minimum absolute atomic E-state index is 0.239. The second-order valence-corrected chi connectivity index (χ2v) is 8.98. The van der Waals surface area contributed by atoms with Crippen molar-refractivity contribution in [3.63, 3.8) is 0 Å². The smallest absolute Gasteiger partial charge is 0.257 e. The molecule has 2 aliphatic heterocycles. The molecule has 5 heterocycles. The van der Waals surface area contributed by atoms with Gasteiger partial charge < -0.3 is 19.9 Å². The second kappa shape index (κ2) is 6.77. The zero-order valence-electron chi connectivity index (χ0n) is 18.0. The maximum Gasteiger partial charge on any atom is 0.257 e. The third-order valence-corrected chi connectivity index (χ3v) is 6.55. The highest BCUT2D eigenvalue weighted by molar-refractivity contribution is 6.14. The van der Waals surface area contributed by atoms with Crippen molar-refractivity contribution in [3.05, 3.63) is 53.9 Å². The summed E-state index contributed by atoms with van der Waals surface area (Å²) < 4.78 is 17.9. The molecule has 0 radical (unpaired) electrons. The Balaban J connectivity index is 1.34. The van der Waals surface area contributed by atoms with Crippen LogP contribution in [0.4, 0.5) is 15.8 Å². The number of hydrogen-bond donors (Lipinski definition) is 2. The van der Waals surface area contributed by atoms with E-state index in [9.17, 15) is 9.18 Å². The average molecular weight is 433 g/mol. The molecular formula is C23H24FN7O. The first-order valence-corrected chi connectivity index (χ1v) is 10.9. The predicted octanol–water partition coefficient (Wildman–Crippen LogP) is 2.81. The topological polar surface area (TPSA) is 79.5 Å². The summed E-state index contributed by atoms with van der Waals surface area (Å²) in [6, 6.07) is 5.11. The van der Waals surface area contributed by atoms with Gasteiger partial charge in [0.2, 0.25) is 0 Å². The van der Waals surface area contributed by atoms with Crippen molar-refractivity contribution >= 4 is 33.8 Å². The van der Waals surface area contributed by atoms with Crippen LogP contribution in [0.5, 0.6) is 0 Å². The Morgan fingerprint density at radius 2 is 2.06 bits per heavy atom. The molecule has 0 unspecified atom stereocenters. The molecule has 2 saturated heterocycles. The van der Waals surface area contributed by atoms with Gasteiger partial charge in [0.05, 0.1) is 16.9 Å². The molecule has 164 valence electrons. The van der Waals surface area contributed by atoms with Crippen LogP contribution in [0.2, 0.25) is 0 Å². The van der Waals surface area contributed by atoms with Gasteiger partial charge in [-0.2, -0.15) is 5.10 Å². The standard InChI is InChI=1S/C23H24FN7O/c1-3-31-9-17-19(30-12-23(13-30)10-25-11-23)5-4-16(20(17)28-31)22(32)27-15-6-18(24)21-26-14(2)7-29(21)8-15/h4-9,25H,3,10-13H2,1-2H3,(H,27,32). The molecule has 0 atom stereocenters. The van der Waals surface area contributed by atoms with E-state index in [1.54, 1.807) is 23.7 Å². The number of carbonyl (C=O) groups is 1. The van der Waals surface area contributed by atoms with Gasteiger partial charge in [0.15, 0.2) is 11.5 Å². The molecule has 2 fully saturated rings. The van der Waals surface area contributed by atoms with E-state index in [2.05, 4.69) is 25.6 Å². The zero-order valence-corrected chi connectivity index (χ0v) is 18.0. The van der Waals surface area contributed by atoms with E-state index in [4.69, 9.17) is 0 Å². The number of imidazole rings is 1. The van der Waals surface area contributed by atoms with Gasteiger partial charge in [-0.3, -0.25) is 9.48 Å². The van der Waals surface area contributed by atoms with Crippen molar-refractivity contribution in [2.75, 3.05) is 36.4 Å². The van der Waals surface area contributed by atoms with Crippen LogP contribution in [0.15, 0.2) is 36.8 Å². The van der Waals surface area contributed by atoms with Gasteiger partial charge in [-0.05, 0) is 26.0 Å². The van der Waals surface area contributed by atoms with E-state index in [1.165, 1.54) is 6.07 Å². The fraction of sp³-hybridized carbons (Fsp3) is 0.348. The number of carbonyl (C=O) groups excluding carboxylic acids is 1. The fourth-order valence-corrected chi connectivity index (χ4v) is 4.84. The molecule has 9 heteroatoms. The number of halogens is 1. The Morgan fingerprint density at radius 3 is 2.78 bits per heavy atom. The van der Waals surface area contributed by atoms with Gasteiger partial charge in [0, 0.05) is 73.9 Å². The molecule has 1 amide bonds. The highest BCUT2D eigenvalue weighted by Gasteiger charge is 2.48. The van der Waals surface area contributed by atoms with Crippen LogP contribution in [0.25, 0.3) is 16.6 Å². The number of pyridine rings is 1. The van der Waals surface area contributed by atoms with Gasteiger partial charge in [0.25, 0.3) is 5.91 Å². The Kier molecular flexibility index (Phi) is 4.07. The Labute approximate surface area is 184 Å². The molecule has 2 aliphatic rings. The minimum Gasteiger partial charge on any atom is -0.369 e. The SMILES string of the molecule is CCn1cc2c(N3CC4(CNC4)C3)ccc(C(=O)Nc3cc(F)c4nc(C)cn4c3)c2n1. The molecule has 0 saturated carbocycles. The molecule has 1 aromatic carbocycles. The molecule has 0 aliphatic carbocycles. The van der Waals surface area contributed by atoms with Crippen LogP contribution in [0.3, 0.4) is 0 Å². The second-order valence-electron chi connectivity index (χ2n) is 8.98. The van der Waals surface area contributed by atoms with Crippen LogP contribution in [-0.4, -0.2) is 51.3 Å². The van der Waals surface area contributed by atoms with Crippen LogP contribution >= 0.6 is 0 Å². The Hall–Kier alpha value is -3.46. The van der Waals surface area contributed by atoms with E-state index in [0.717, 1.165) is 37.3 Å². The van der Waals surface area contributed by atoms with Crippen molar-refractivity contribution in [3.8, 4) is 0 Å². The quantitative estimate of drug-likeness (QED) is 0.518. The maximum absolute atomic E-state index is 14.4. The number of rotatable bonds is 4. The average Bonchev–Trinajstić information content (AvgIpc) is 3.29. The number of amides is 1.